The molecule has 1 aliphatic rings. The highest BCUT2D eigenvalue weighted by molar-refractivity contribution is 5.76. The molecule has 1 aliphatic carbocycles. The van der Waals surface area contributed by atoms with E-state index in [9.17, 15) is 18.0 Å². The molecule has 7 heteroatoms. The summed E-state index contributed by atoms with van der Waals surface area (Å²) in [6, 6.07) is 5.73. The second-order valence-electron chi connectivity index (χ2n) is 6.15. The maximum atomic E-state index is 12.1. The van der Waals surface area contributed by atoms with E-state index in [0.717, 1.165) is 31.2 Å². The summed E-state index contributed by atoms with van der Waals surface area (Å²) in [5, 5.41) is 3.04. The number of nitrogens with two attached hydrogens (primary N) is 1. The van der Waals surface area contributed by atoms with Gasteiger partial charge in [0.05, 0.1) is 0 Å². The summed E-state index contributed by atoms with van der Waals surface area (Å²) in [6.45, 7) is 0.575. The van der Waals surface area contributed by atoms with Crippen LogP contribution in [0.25, 0.3) is 0 Å². The van der Waals surface area contributed by atoms with Crippen LogP contribution in [-0.2, 0) is 11.2 Å². The standard InChI is InChI=1S/C17H23F3N2O2/c18-17(19,20)24-14-8-5-12(6-9-14)7-10-16(23)22-15-4-2-1-3-13(15)11-21/h5-6,8-9,13,15H,1-4,7,10-11,21H2,(H,22,23). The van der Waals surface area contributed by atoms with Gasteiger partial charge < -0.3 is 15.8 Å². The number of halogens is 3. The van der Waals surface area contributed by atoms with Crippen LogP contribution in [0.15, 0.2) is 24.3 Å². The lowest BCUT2D eigenvalue weighted by atomic mass is 9.84. The van der Waals surface area contributed by atoms with E-state index in [1.54, 1.807) is 0 Å². The fraction of sp³-hybridized carbons (Fsp3) is 0.588. The van der Waals surface area contributed by atoms with Crippen molar-refractivity contribution in [3.05, 3.63) is 29.8 Å². The van der Waals surface area contributed by atoms with E-state index in [4.69, 9.17) is 5.73 Å². The van der Waals surface area contributed by atoms with Crippen molar-refractivity contribution in [2.24, 2.45) is 11.7 Å². The molecule has 1 saturated carbocycles. The Morgan fingerprint density at radius 2 is 1.88 bits per heavy atom. The normalized spacial score (nSPS) is 21.3. The van der Waals surface area contributed by atoms with Crippen molar-refractivity contribution < 1.29 is 22.7 Å². The molecular formula is C17H23F3N2O2. The molecule has 1 fully saturated rings. The minimum atomic E-state index is -4.69. The van der Waals surface area contributed by atoms with Crippen LogP contribution < -0.4 is 15.8 Å². The highest BCUT2D eigenvalue weighted by Crippen LogP contribution is 2.24. The average molecular weight is 344 g/mol. The van der Waals surface area contributed by atoms with Crippen LogP contribution in [0.4, 0.5) is 13.2 Å². The van der Waals surface area contributed by atoms with Gasteiger partial charge in [-0.05, 0) is 49.4 Å². The molecule has 1 aromatic carbocycles. The number of ether oxygens (including phenoxy) is 1. The van der Waals surface area contributed by atoms with Crippen LogP contribution in [0, 0.1) is 5.92 Å². The Bertz CT molecular complexity index is 532. The first-order valence-corrected chi connectivity index (χ1v) is 8.21. The molecule has 1 aromatic rings. The lowest BCUT2D eigenvalue weighted by Crippen LogP contribution is -2.44. The zero-order valence-corrected chi connectivity index (χ0v) is 13.4. The summed E-state index contributed by atoms with van der Waals surface area (Å²) >= 11 is 0. The predicted octanol–water partition coefficient (Wildman–Crippen LogP) is 3.15. The van der Waals surface area contributed by atoms with Crippen molar-refractivity contribution in [2.45, 2.75) is 50.9 Å². The molecule has 2 unspecified atom stereocenters. The van der Waals surface area contributed by atoms with Gasteiger partial charge in [0.15, 0.2) is 0 Å². The molecule has 0 radical (unpaired) electrons. The Morgan fingerprint density at radius 1 is 1.21 bits per heavy atom. The van der Waals surface area contributed by atoms with Crippen LogP contribution in [0.1, 0.15) is 37.7 Å². The number of carbonyl (C=O) groups excluding carboxylic acids is 1. The van der Waals surface area contributed by atoms with Gasteiger partial charge in [-0.25, -0.2) is 0 Å². The number of benzene rings is 1. The highest BCUT2D eigenvalue weighted by atomic mass is 19.4. The zero-order valence-electron chi connectivity index (χ0n) is 13.4. The number of hydrogen-bond acceptors (Lipinski definition) is 3. The largest absolute Gasteiger partial charge is 0.573 e. The number of nitrogens with one attached hydrogen (secondary N) is 1. The molecular weight excluding hydrogens is 321 g/mol. The van der Waals surface area contributed by atoms with Gasteiger partial charge in [0.2, 0.25) is 5.91 Å². The molecule has 0 aromatic heterocycles. The predicted molar refractivity (Wildman–Crippen MR) is 84.4 cm³/mol. The second kappa shape index (κ2) is 8.37. The Labute approximate surface area is 139 Å². The third-order valence-electron chi connectivity index (χ3n) is 4.36. The van der Waals surface area contributed by atoms with Gasteiger partial charge in [-0.1, -0.05) is 25.0 Å². The van der Waals surface area contributed by atoms with E-state index in [1.165, 1.54) is 24.3 Å². The van der Waals surface area contributed by atoms with E-state index in [2.05, 4.69) is 10.1 Å². The van der Waals surface area contributed by atoms with Gasteiger partial charge in [-0.15, -0.1) is 13.2 Å². The average Bonchev–Trinajstić information content (AvgIpc) is 2.53. The number of hydrogen-bond donors (Lipinski definition) is 2. The summed E-state index contributed by atoms with van der Waals surface area (Å²) in [5.74, 6) is 0.0289. The minimum absolute atomic E-state index is 0.0454. The summed E-state index contributed by atoms with van der Waals surface area (Å²) in [5.41, 5.74) is 6.54. The monoisotopic (exact) mass is 344 g/mol. The summed E-state index contributed by atoms with van der Waals surface area (Å²) < 4.78 is 40.1. The Balaban J connectivity index is 1.79. The van der Waals surface area contributed by atoms with Gasteiger partial charge in [-0.3, -0.25) is 4.79 Å². The number of alkyl halides is 3. The smallest absolute Gasteiger partial charge is 0.406 e. The number of aryl methyl sites for hydroxylation is 1. The Morgan fingerprint density at radius 3 is 2.50 bits per heavy atom. The highest BCUT2D eigenvalue weighted by Gasteiger charge is 2.31. The first kappa shape index (κ1) is 18.6. The molecule has 0 heterocycles. The zero-order chi connectivity index (χ0) is 17.6. The topological polar surface area (TPSA) is 64.3 Å². The molecule has 2 atom stereocenters. The van der Waals surface area contributed by atoms with Crippen LogP contribution in [0.3, 0.4) is 0 Å². The number of carbonyl (C=O) groups is 1. The van der Waals surface area contributed by atoms with Crippen molar-refractivity contribution in [2.75, 3.05) is 6.54 Å². The minimum Gasteiger partial charge on any atom is -0.406 e. The van der Waals surface area contributed by atoms with Crippen LogP contribution in [-0.4, -0.2) is 24.9 Å². The molecule has 4 nitrogen and oxygen atoms in total. The molecule has 0 spiro atoms. The SMILES string of the molecule is NCC1CCCCC1NC(=O)CCc1ccc(OC(F)(F)F)cc1. The molecule has 134 valence electrons. The summed E-state index contributed by atoms with van der Waals surface area (Å²) in [7, 11) is 0. The number of amides is 1. The van der Waals surface area contributed by atoms with Gasteiger partial charge in [0.25, 0.3) is 0 Å². The lowest BCUT2D eigenvalue weighted by molar-refractivity contribution is -0.274. The molecule has 24 heavy (non-hydrogen) atoms. The van der Waals surface area contributed by atoms with Crippen molar-refractivity contribution >= 4 is 5.91 Å². The van der Waals surface area contributed by atoms with E-state index in [-0.39, 0.29) is 17.7 Å². The fourth-order valence-electron chi connectivity index (χ4n) is 3.07. The van der Waals surface area contributed by atoms with Crippen molar-refractivity contribution in [1.29, 1.82) is 0 Å². The van der Waals surface area contributed by atoms with Gasteiger partial charge >= 0.3 is 6.36 Å². The summed E-state index contributed by atoms with van der Waals surface area (Å²) in [4.78, 5) is 12.1. The fourth-order valence-corrected chi connectivity index (χ4v) is 3.07. The van der Waals surface area contributed by atoms with Crippen LogP contribution in [0.2, 0.25) is 0 Å². The molecule has 1 amide bonds. The first-order chi connectivity index (χ1) is 11.4. The van der Waals surface area contributed by atoms with Gasteiger partial charge in [0, 0.05) is 12.5 Å². The molecule has 0 bridgehead atoms. The van der Waals surface area contributed by atoms with Crippen LogP contribution >= 0.6 is 0 Å². The molecule has 3 N–H and O–H groups in total. The van der Waals surface area contributed by atoms with E-state index in [0.29, 0.717) is 25.3 Å². The maximum Gasteiger partial charge on any atom is 0.573 e. The van der Waals surface area contributed by atoms with E-state index >= 15 is 0 Å². The third kappa shape index (κ3) is 6.03. The number of rotatable bonds is 6. The Kier molecular flexibility index (Phi) is 6.48. The third-order valence-corrected chi connectivity index (χ3v) is 4.36. The Hall–Kier alpha value is -1.76. The molecule has 2 rings (SSSR count). The van der Waals surface area contributed by atoms with Crippen molar-refractivity contribution in [3.63, 3.8) is 0 Å². The van der Waals surface area contributed by atoms with Gasteiger partial charge in [0.1, 0.15) is 5.75 Å². The molecule has 0 saturated heterocycles. The van der Waals surface area contributed by atoms with Gasteiger partial charge in [-0.2, -0.15) is 0 Å². The lowest BCUT2D eigenvalue weighted by Gasteiger charge is -2.31. The quantitative estimate of drug-likeness (QED) is 0.833. The van der Waals surface area contributed by atoms with Crippen molar-refractivity contribution in [1.82, 2.24) is 5.32 Å². The van der Waals surface area contributed by atoms with Crippen molar-refractivity contribution in [3.8, 4) is 5.75 Å². The van der Waals surface area contributed by atoms with E-state index in [1.807, 2.05) is 0 Å². The molecule has 0 aliphatic heterocycles. The first-order valence-electron chi connectivity index (χ1n) is 8.21. The summed E-state index contributed by atoms with van der Waals surface area (Å²) in [6.07, 6.45) is 0.328. The van der Waals surface area contributed by atoms with E-state index < -0.39 is 6.36 Å². The maximum absolute atomic E-state index is 12.1. The van der Waals surface area contributed by atoms with Crippen LogP contribution in [0.5, 0.6) is 5.75 Å². The second-order valence-corrected chi connectivity index (χ2v) is 6.15.